The van der Waals surface area contributed by atoms with Crippen LogP contribution in [0, 0.1) is 12.8 Å². The van der Waals surface area contributed by atoms with E-state index in [1.807, 2.05) is 32.0 Å². The Balaban J connectivity index is 1.72. The van der Waals surface area contributed by atoms with Crippen molar-refractivity contribution in [2.45, 2.75) is 40.2 Å². The molecule has 2 aromatic heterocycles. The molecule has 3 aromatic rings. The molecule has 2 heterocycles. The molecule has 0 radical (unpaired) electrons. The van der Waals surface area contributed by atoms with Gasteiger partial charge in [0.2, 0.25) is 5.91 Å². The van der Waals surface area contributed by atoms with Gasteiger partial charge in [0.05, 0.1) is 32.5 Å². The first-order valence-electron chi connectivity index (χ1n) is 11.3. The van der Waals surface area contributed by atoms with Gasteiger partial charge in [0.15, 0.2) is 11.5 Å². The Kier molecular flexibility index (Phi) is 8.50. The lowest BCUT2D eigenvalue weighted by Gasteiger charge is -2.15. The summed E-state index contributed by atoms with van der Waals surface area (Å²) in [5.41, 5.74) is 1.13. The maximum Gasteiger partial charge on any atom is 0.348 e. The highest BCUT2D eigenvalue weighted by atomic mass is 32.1. The second-order valence-corrected chi connectivity index (χ2v) is 9.59. The number of nitrogens with zero attached hydrogens (tertiary/aromatic N) is 2. The van der Waals surface area contributed by atoms with Crippen molar-refractivity contribution in [3.63, 3.8) is 0 Å². The first kappa shape index (κ1) is 26.2. The monoisotopic (exact) mass is 501 g/mol. The molecule has 0 aliphatic heterocycles. The summed E-state index contributed by atoms with van der Waals surface area (Å²) in [6, 6.07) is 4.80. The largest absolute Gasteiger partial charge is 0.493 e. The number of hydrogen-bond acceptors (Lipinski definition) is 8. The van der Waals surface area contributed by atoms with Gasteiger partial charge in [0.25, 0.3) is 5.56 Å². The Morgan fingerprint density at radius 2 is 1.86 bits per heavy atom. The Morgan fingerprint density at radius 3 is 2.51 bits per heavy atom. The number of carbonyl (C=O) groups is 2. The van der Waals surface area contributed by atoms with Gasteiger partial charge in [-0.1, -0.05) is 19.9 Å². The van der Waals surface area contributed by atoms with Gasteiger partial charge in [-0.2, -0.15) is 0 Å². The topological polar surface area (TPSA) is 109 Å². The number of hydrogen-bond donors (Lipinski definition) is 1. The molecule has 1 amide bonds. The highest BCUT2D eigenvalue weighted by Crippen LogP contribution is 2.29. The lowest BCUT2D eigenvalue weighted by Crippen LogP contribution is -2.36. The van der Waals surface area contributed by atoms with Crippen LogP contribution in [0.5, 0.6) is 11.5 Å². The van der Waals surface area contributed by atoms with Gasteiger partial charge >= 0.3 is 5.97 Å². The van der Waals surface area contributed by atoms with Crippen LogP contribution in [0.4, 0.5) is 0 Å². The van der Waals surface area contributed by atoms with Gasteiger partial charge in [-0.05, 0) is 49.4 Å². The van der Waals surface area contributed by atoms with E-state index in [1.165, 1.54) is 10.9 Å². The predicted molar refractivity (Wildman–Crippen MR) is 135 cm³/mol. The van der Waals surface area contributed by atoms with Crippen LogP contribution in [0.25, 0.3) is 10.2 Å². The number of aryl methyl sites for hydroxylation is 1. The number of rotatable bonds is 10. The summed E-state index contributed by atoms with van der Waals surface area (Å²) in [5.74, 6) is 0.685. The molecule has 0 saturated carbocycles. The second-order valence-electron chi connectivity index (χ2n) is 8.59. The number of aromatic nitrogens is 2. The number of ether oxygens (including phenoxy) is 3. The number of methoxy groups -OCH3 is 2. The van der Waals surface area contributed by atoms with Crippen molar-refractivity contribution in [3.05, 3.63) is 50.9 Å². The van der Waals surface area contributed by atoms with E-state index in [4.69, 9.17) is 14.2 Å². The van der Waals surface area contributed by atoms with E-state index >= 15 is 0 Å². The zero-order valence-electron chi connectivity index (χ0n) is 20.8. The maximum absolute atomic E-state index is 13.2. The van der Waals surface area contributed by atoms with Crippen LogP contribution in [0.15, 0.2) is 29.3 Å². The fraction of sp³-hybridized carbons (Fsp3) is 0.440. The van der Waals surface area contributed by atoms with Gasteiger partial charge in [-0.15, -0.1) is 11.3 Å². The van der Waals surface area contributed by atoms with Crippen molar-refractivity contribution in [1.29, 1.82) is 0 Å². The molecule has 0 aliphatic carbocycles. The lowest BCUT2D eigenvalue weighted by molar-refractivity contribution is -0.123. The molecule has 3 rings (SSSR count). The van der Waals surface area contributed by atoms with E-state index in [1.54, 1.807) is 28.1 Å². The number of nitrogens with one attached hydrogen (secondary N) is 1. The fourth-order valence-electron chi connectivity index (χ4n) is 3.56. The number of benzene rings is 1. The molecular weight excluding hydrogens is 470 g/mol. The van der Waals surface area contributed by atoms with Gasteiger partial charge < -0.3 is 19.5 Å². The Morgan fingerprint density at radius 1 is 1.14 bits per heavy atom. The smallest absolute Gasteiger partial charge is 0.348 e. The molecule has 35 heavy (non-hydrogen) atoms. The Labute approximate surface area is 208 Å². The fourth-order valence-corrected chi connectivity index (χ4v) is 4.59. The summed E-state index contributed by atoms with van der Waals surface area (Å²) < 4.78 is 17.2. The van der Waals surface area contributed by atoms with Crippen LogP contribution in [0.3, 0.4) is 0 Å². The van der Waals surface area contributed by atoms with Crippen molar-refractivity contribution in [3.8, 4) is 11.5 Å². The minimum atomic E-state index is -0.777. The minimum absolute atomic E-state index is 0.204. The SMILES string of the molecule is COc1ccc(CCNC(=O)C(C)n2cnc3sc(C(=O)OCC(C)C)c(C)c3c2=O)cc1OC. The lowest BCUT2D eigenvalue weighted by atomic mass is 10.1. The summed E-state index contributed by atoms with van der Waals surface area (Å²) in [6.45, 7) is 7.92. The highest BCUT2D eigenvalue weighted by molar-refractivity contribution is 7.20. The molecule has 0 fully saturated rings. The maximum atomic E-state index is 13.2. The van der Waals surface area contributed by atoms with E-state index in [-0.39, 0.29) is 17.4 Å². The molecular formula is C25H31N3O6S. The van der Waals surface area contributed by atoms with Crippen molar-refractivity contribution in [2.75, 3.05) is 27.4 Å². The summed E-state index contributed by atoms with van der Waals surface area (Å²) in [4.78, 5) is 43.6. The third-order valence-corrected chi connectivity index (χ3v) is 6.75. The van der Waals surface area contributed by atoms with Crippen LogP contribution < -0.4 is 20.3 Å². The van der Waals surface area contributed by atoms with Crippen LogP contribution in [-0.2, 0) is 16.0 Å². The molecule has 1 unspecified atom stereocenters. The van der Waals surface area contributed by atoms with E-state index in [0.29, 0.717) is 51.7 Å². The first-order valence-corrected chi connectivity index (χ1v) is 12.2. The van der Waals surface area contributed by atoms with Crippen molar-refractivity contribution in [1.82, 2.24) is 14.9 Å². The van der Waals surface area contributed by atoms with Crippen molar-refractivity contribution >= 4 is 33.4 Å². The molecule has 0 aliphatic rings. The summed E-state index contributed by atoms with van der Waals surface area (Å²) >= 11 is 1.12. The van der Waals surface area contributed by atoms with Crippen LogP contribution in [0.2, 0.25) is 0 Å². The van der Waals surface area contributed by atoms with Crippen molar-refractivity contribution in [2.24, 2.45) is 5.92 Å². The molecule has 0 bridgehead atoms. The van der Waals surface area contributed by atoms with Gasteiger partial charge in [0.1, 0.15) is 15.7 Å². The normalized spacial score (nSPS) is 12.0. The molecule has 1 aromatic carbocycles. The minimum Gasteiger partial charge on any atom is -0.493 e. The molecule has 188 valence electrons. The van der Waals surface area contributed by atoms with Gasteiger partial charge in [-0.3, -0.25) is 14.2 Å². The summed E-state index contributed by atoms with van der Waals surface area (Å²) in [7, 11) is 3.14. The zero-order valence-corrected chi connectivity index (χ0v) is 21.7. The quantitative estimate of drug-likeness (QED) is 0.424. The molecule has 10 heteroatoms. The van der Waals surface area contributed by atoms with Crippen LogP contribution in [0.1, 0.15) is 47.6 Å². The number of thiophene rings is 1. The highest BCUT2D eigenvalue weighted by Gasteiger charge is 2.23. The second kappa shape index (κ2) is 11.4. The first-order chi connectivity index (χ1) is 16.7. The molecule has 9 nitrogen and oxygen atoms in total. The van der Waals surface area contributed by atoms with Crippen molar-refractivity contribution < 1.29 is 23.8 Å². The van der Waals surface area contributed by atoms with E-state index in [9.17, 15) is 14.4 Å². The van der Waals surface area contributed by atoms with Crippen LogP contribution >= 0.6 is 11.3 Å². The number of carbonyl (C=O) groups excluding carboxylic acids is 2. The van der Waals surface area contributed by atoms with Crippen LogP contribution in [-0.4, -0.2) is 48.8 Å². The summed E-state index contributed by atoms with van der Waals surface area (Å²) in [6.07, 6.45) is 1.93. The van der Waals surface area contributed by atoms with E-state index in [2.05, 4.69) is 10.3 Å². The van der Waals surface area contributed by atoms with E-state index < -0.39 is 12.0 Å². The third kappa shape index (κ3) is 5.82. The average molecular weight is 502 g/mol. The standard InChI is InChI=1S/C25H31N3O6S/c1-14(2)12-34-25(31)21-15(3)20-23(35-21)27-13-28(24(20)30)16(4)22(29)26-10-9-17-7-8-18(32-5)19(11-17)33-6/h7-8,11,13-14,16H,9-10,12H2,1-6H3,(H,26,29). The Hall–Kier alpha value is -3.40. The number of fused-ring (bicyclic) bond motifs is 1. The Bertz CT molecular complexity index is 1280. The third-order valence-electron chi connectivity index (χ3n) is 5.57. The molecule has 1 N–H and O–H groups in total. The van der Waals surface area contributed by atoms with Gasteiger partial charge in [-0.25, -0.2) is 9.78 Å². The van der Waals surface area contributed by atoms with E-state index in [0.717, 1.165) is 16.9 Å². The molecule has 0 saturated heterocycles. The zero-order chi connectivity index (χ0) is 25.7. The number of amides is 1. The molecule has 1 atom stereocenters. The molecule has 0 spiro atoms. The predicted octanol–water partition coefficient (Wildman–Crippen LogP) is 3.52. The van der Waals surface area contributed by atoms with Gasteiger partial charge in [0, 0.05) is 6.54 Å². The average Bonchev–Trinajstić information content (AvgIpc) is 3.19. The number of esters is 1. The summed E-state index contributed by atoms with van der Waals surface area (Å²) in [5, 5.41) is 3.20.